The molecule has 12 heteroatoms. The summed E-state index contributed by atoms with van der Waals surface area (Å²) in [6.45, 7) is 7.55. The molecule has 2 aliphatic heterocycles. The van der Waals surface area contributed by atoms with Crippen molar-refractivity contribution < 1.29 is 35.6 Å². The van der Waals surface area contributed by atoms with Crippen molar-refractivity contribution in [2.75, 3.05) is 19.6 Å². The summed E-state index contributed by atoms with van der Waals surface area (Å²) in [6.07, 6.45) is 7.11. The van der Waals surface area contributed by atoms with E-state index in [0.29, 0.717) is 37.3 Å². The topological polar surface area (TPSA) is 111 Å². The molecule has 186 valence electrons. The van der Waals surface area contributed by atoms with Gasteiger partial charge in [0.1, 0.15) is 17.5 Å². The molecule has 1 unspecified atom stereocenters. The van der Waals surface area contributed by atoms with Gasteiger partial charge in [0.15, 0.2) is 0 Å². The Labute approximate surface area is 192 Å². The Bertz CT molecular complexity index is 992. The van der Waals surface area contributed by atoms with Gasteiger partial charge < -0.3 is 10.5 Å². The van der Waals surface area contributed by atoms with Crippen LogP contribution < -0.4 is 10.5 Å². The summed E-state index contributed by atoms with van der Waals surface area (Å²) in [4.78, 5) is 17.7. The average Bonchev–Trinajstić information content (AvgIpc) is 3.07. The molecule has 2 heterocycles. The van der Waals surface area contributed by atoms with Crippen molar-refractivity contribution in [1.29, 1.82) is 0 Å². The van der Waals surface area contributed by atoms with E-state index in [4.69, 9.17) is 15.5 Å². The van der Waals surface area contributed by atoms with Gasteiger partial charge in [-0.15, -0.1) is 0 Å². The van der Waals surface area contributed by atoms with Crippen LogP contribution in [0.4, 0.5) is 13.2 Å². The minimum absolute atomic E-state index is 0.0232. The third-order valence-corrected chi connectivity index (χ3v) is 6.32. The molecule has 3 N–H and O–H groups in total. The van der Waals surface area contributed by atoms with E-state index in [-0.39, 0.29) is 24.0 Å². The molecule has 2 rings (SSSR count). The number of hydrogen-bond acceptors (Lipinski definition) is 6. The second kappa shape index (κ2) is 10.1. The molecule has 0 saturated carbocycles. The number of allylic oxidation sites excluding steroid dienone is 3. The van der Waals surface area contributed by atoms with Gasteiger partial charge in [-0.05, 0) is 52.5 Å². The van der Waals surface area contributed by atoms with Crippen LogP contribution in [0.2, 0.25) is 0 Å². The molecule has 0 saturated heterocycles. The number of aliphatic imine (C=N–C) groups is 1. The summed E-state index contributed by atoms with van der Waals surface area (Å²) >= 11 is 0. The molecule has 0 radical (unpaired) electrons. The van der Waals surface area contributed by atoms with E-state index >= 15 is 0 Å². The van der Waals surface area contributed by atoms with Crippen LogP contribution in [0.25, 0.3) is 0 Å². The van der Waals surface area contributed by atoms with Gasteiger partial charge in [0.25, 0.3) is 0 Å². The standard InChI is InChI=1S/C21H32F3N4O4S/c1-5-16-14-28(12-8-6-7-11-26-33(30,31)21(22,23)24)17(19(29)32-20(2,3)4)10-9-15(13-25)18(28)27-16/h9-10,14,26H,5-8,11-13,25H2,1-4H3/q+1. The molecule has 0 bridgehead atoms. The first-order valence-corrected chi connectivity index (χ1v) is 12.2. The maximum Gasteiger partial charge on any atom is 0.511 e. The van der Waals surface area contributed by atoms with E-state index in [9.17, 15) is 26.4 Å². The lowest BCUT2D eigenvalue weighted by Gasteiger charge is -2.36. The molecule has 0 amide bonds. The van der Waals surface area contributed by atoms with Crippen molar-refractivity contribution >= 4 is 21.8 Å². The van der Waals surface area contributed by atoms with Crippen LogP contribution in [-0.4, -0.2) is 55.4 Å². The number of ether oxygens (including phenoxy) is 1. The molecule has 0 aromatic heterocycles. The van der Waals surface area contributed by atoms with E-state index in [0.717, 1.165) is 11.3 Å². The van der Waals surface area contributed by atoms with E-state index in [2.05, 4.69) is 0 Å². The lowest BCUT2D eigenvalue weighted by molar-refractivity contribution is -0.741. The molecular formula is C21H32F3N4O4S+. The molecule has 33 heavy (non-hydrogen) atoms. The van der Waals surface area contributed by atoms with Crippen LogP contribution in [0.5, 0.6) is 0 Å². The number of quaternary nitrogens is 1. The van der Waals surface area contributed by atoms with Crippen molar-refractivity contribution in [2.24, 2.45) is 10.7 Å². The van der Waals surface area contributed by atoms with Crippen molar-refractivity contribution in [3.05, 3.63) is 35.3 Å². The number of rotatable bonds is 10. The number of carbonyl (C=O) groups excluding carboxylic acids is 1. The maximum absolute atomic E-state index is 13.1. The van der Waals surface area contributed by atoms with Gasteiger partial charge in [-0.3, -0.25) is 0 Å². The zero-order chi connectivity index (χ0) is 25.1. The number of alkyl halides is 3. The predicted octanol–water partition coefficient (Wildman–Crippen LogP) is 3.20. The fraction of sp³-hybridized carbons (Fsp3) is 0.619. The first kappa shape index (κ1) is 27.2. The van der Waals surface area contributed by atoms with Crippen molar-refractivity contribution in [3.8, 4) is 0 Å². The van der Waals surface area contributed by atoms with Crippen molar-refractivity contribution in [3.63, 3.8) is 0 Å². The third-order valence-electron chi connectivity index (χ3n) is 5.13. The highest BCUT2D eigenvalue weighted by Gasteiger charge is 2.49. The molecule has 0 aliphatic carbocycles. The van der Waals surface area contributed by atoms with E-state index < -0.39 is 27.1 Å². The first-order chi connectivity index (χ1) is 15.2. The molecule has 0 aromatic carbocycles. The van der Waals surface area contributed by atoms with E-state index in [1.54, 1.807) is 37.6 Å². The molecule has 0 aromatic rings. The molecule has 0 fully saturated rings. The predicted molar refractivity (Wildman–Crippen MR) is 119 cm³/mol. The quantitative estimate of drug-likeness (QED) is 0.276. The Hall–Kier alpha value is -2.02. The van der Waals surface area contributed by atoms with Gasteiger partial charge in [-0.1, -0.05) is 6.92 Å². The lowest BCUT2D eigenvalue weighted by Crippen LogP contribution is -2.52. The summed E-state index contributed by atoms with van der Waals surface area (Å²) in [5, 5.41) is 0. The highest BCUT2D eigenvalue weighted by Crippen LogP contribution is 2.37. The number of amidine groups is 1. The van der Waals surface area contributed by atoms with Crippen LogP contribution in [0, 0.1) is 0 Å². The first-order valence-electron chi connectivity index (χ1n) is 10.8. The Morgan fingerprint density at radius 3 is 2.39 bits per heavy atom. The zero-order valence-corrected chi connectivity index (χ0v) is 20.1. The van der Waals surface area contributed by atoms with Gasteiger partial charge >= 0.3 is 21.5 Å². The number of unbranched alkanes of at least 4 members (excludes halogenated alkanes) is 2. The van der Waals surface area contributed by atoms with Gasteiger partial charge in [0.2, 0.25) is 11.5 Å². The number of hydrogen-bond donors (Lipinski definition) is 2. The lowest BCUT2D eigenvalue weighted by atomic mass is 10.0. The third kappa shape index (κ3) is 6.31. The molecule has 0 spiro atoms. The number of fused-ring (bicyclic) bond motifs is 1. The maximum atomic E-state index is 13.1. The zero-order valence-electron chi connectivity index (χ0n) is 19.3. The number of nitrogens with one attached hydrogen (secondary N) is 1. The second-order valence-electron chi connectivity index (χ2n) is 8.86. The Kier molecular flexibility index (Phi) is 8.32. The van der Waals surface area contributed by atoms with Gasteiger partial charge in [0.05, 0.1) is 6.54 Å². The van der Waals surface area contributed by atoms with Crippen molar-refractivity contribution in [1.82, 2.24) is 4.72 Å². The largest absolute Gasteiger partial charge is 0.511 e. The highest BCUT2D eigenvalue weighted by atomic mass is 32.2. The summed E-state index contributed by atoms with van der Waals surface area (Å²) in [6, 6.07) is 0. The van der Waals surface area contributed by atoms with Gasteiger partial charge in [-0.2, -0.15) is 18.2 Å². The van der Waals surface area contributed by atoms with Crippen LogP contribution in [0.15, 0.2) is 40.3 Å². The highest BCUT2D eigenvalue weighted by molar-refractivity contribution is 7.90. The average molecular weight is 494 g/mol. The summed E-state index contributed by atoms with van der Waals surface area (Å²) in [5.41, 5.74) is 1.82. The normalized spacial score (nSPS) is 21.1. The summed E-state index contributed by atoms with van der Waals surface area (Å²) in [5.74, 6) is 0.143. The number of esters is 1. The van der Waals surface area contributed by atoms with E-state index in [1.165, 1.54) is 0 Å². The fourth-order valence-electron chi connectivity index (χ4n) is 3.60. The van der Waals surface area contributed by atoms with Crippen molar-refractivity contribution in [2.45, 2.75) is 64.5 Å². The molecular weight excluding hydrogens is 461 g/mol. The molecule has 1 atom stereocenters. The van der Waals surface area contributed by atoms with Gasteiger partial charge in [-0.25, -0.2) is 22.4 Å². The van der Waals surface area contributed by atoms with Crippen LogP contribution in [-0.2, 0) is 19.6 Å². The number of sulfonamides is 1. The van der Waals surface area contributed by atoms with Gasteiger partial charge in [0, 0.05) is 24.7 Å². The minimum atomic E-state index is -5.35. The van der Waals surface area contributed by atoms with Crippen LogP contribution in [0.3, 0.4) is 0 Å². The number of carbonyl (C=O) groups is 1. The van der Waals surface area contributed by atoms with E-state index in [1.807, 2.05) is 13.1 Å². The molecule has 2 aliphatic rings. The number of halogens is 3. The molecule has 8 nitrogen and oxygen atoms in total. The smallest absolute Gasteiger partial charge is 0.452 e. The SMILES string of the molecule is CCC1=C[N+]2(CCCCCNS(=O)(=O)C(F)(F)F)C(C(=O)OC(C)(C)C)=CC=C(CN)C2=N1. The minimum Gasteiger partial charge on any atom is -0.452 e. The number of nitrogens with two attached hydrogens (primary N) is 1. The van der Waals surface area contributed by atoms with Crippen LogP contribution >= 0.6 is 0 Å². The summed E-state index contributed by atoms with van der Waals surface area (Å²) < 4.78 is 66.7. The Morgan fingerprint density at radius 2 is 1.85 bits per heavy atom. The summed E-state index contributed by atoms with van der Waals surface area (Å²) in [7, 11) is -5.35. The number of nitrogens with zero attached hydrogens (tertiary/aromatic N) is 2. The van der Waals surface area contributed by atoms with Crippen LogP contribution in [0.1, 0.15) is 53.4 Å². The Balaban J connectivity index is 2.18. The Morgan fingerprint density at radius 1 is 1.18 bits per heavy atom. The monoisotopic (exact) mass is 493 g/mol. The second-order valence-corrected chi connectivity index (χ2v) is 10.6. The fourth-order valence-corrected chi connectivity index (χ4v) is 4.18.